The molecule has 0 atom stereocenters. The average Bonchev–Trinajstić information content (AvgIpc) is 2.10. The third-order valence-electron chi connectivity index (χ3n) is 1.36. The first-order valence-corrected chi connectivity index (χ1v) is 4.49. The third-order valence-corrected chi connectivity index (χ3v) is 1.85. The van der Waals surface area contributed by atoms with Crippen molar-refractivity contribution in [2.24, 2.45) is 21.7 Å². The van der Waals surface area contributed by atoms with Gasteiger partial charge in [0.2, 0.25) is 5.96 Å². The van der Waals surface area contributed by atoms with Crippen LogP contribution in [0.5, 0.6) is 5.75 Å². The fourth-order valence-corrected chi connectivity index (χ4v) is 1.17. The molecule has 0 aliphatic rings. The number of nitrogens with two attached hydrogens (primary N) is 2. The van der Waals surface area contributed by atoms with Crippen LogP contribution in [-0.4, -0.2) is 17.3 Å². The van der Waals surface area contributed by atoms with E-state index in [2.05, 4.69) is 26.1 Å². The van der Waals surface area contributed by atoms with Crippen LogP contribution in [0.2, 0.25) is 0 Å². The lowest BCUT2D eigenvalue weighted by Gasteiger charge is -1.97. The Morgan fingerprint density at radius 3 is 2.79 bits per heavy atom. The number of aromatic hydroxyl groups is 1. The maximum absolute atomic E-state index is 9.38. The molecule has 5 N–H and O–H groups in total. The van der Waals surface area contributed by atoms with Crippen LogP contribution in [0.4, 0.5) is 0 Å². The van der Waals surface area contributed by atoms with Gasteiger partial charge in [0.25, 0.3) is 0 Å². The van der Waals surface area contributed by atoms with Crippen LogP contribution in [0.25, 0.3) is 0 Å². The fraction of sp³-hybridized carbons (Fsp3) is 0. The van der Waals surface area contributed by atoms with E-state index in [0.717, 1.165) is 4.47 Å². The topological polar surface area (TPSA) is 97.0 Å². The average molecular weight is 257 g/mol. The molecule has 0 amide bonds. The summed E-state index contributed by atoms with van der Waals surface area (Å²) in [4.78, 5) is 0. The number of benzene rings is 1. The predicted molar refractivity (Wildman–Crippen MR) is 59.2 cm³/mol. The summed E-state index contributed by atoms with van der Waals surface area (Å²) in [6.45, 7) is 0. The Bertz CT molecular complexity index is 385. The summed E-state index contributed by atoms with van der Waals surface area (Å²) >= 11 is 3.26. The summed E-state index contributed by atoms with van der Waals surface area (Å²) in [6, 6.07) is 4.95. The van der Waals surface area contributed by atoms with Gasteiger partial charge < -0.3 is 16.6 Å². The zero-order valence-corrected chi connectivity index (χ0v) is 8.77. The fourth-order valence-electron chi connectivity index (χ4n) is 0.787. The van der Waals surface area contributed by atoms with Crippen molar-refractivity contribution >= 4 is 28.1 Å². The van der Waals surface area contributed by atoms with E-state index in [1.54, 1.807) is 18.2 Å². The van der Waals surface area contributed by atoms with Gasteiger partial charge in [0, 0.05) is 10.0 Å². The summed E-state index contributed by atoms with van der Waals surface area (Å²) < 4.78 is 0.835. The van der Waals surface area contributed by atoms with Gasteiger partial charge in [-0.25, -0.2) is 0 Å². The molecule has 1 aromatic rings. The van der Waals surface area contributed by atoms with Crippen LogP contribution in [0, 0.1) is 0 Å². The van der Waals surface area contributed by atoms with Crippen molar-refractivity contribution in [2.75, 3.05) is 0 Å². The van der Waals surface area contributed by atoms with Gasteiger partial charge in [-0.1, -0.05) is 15.9 Å². The van der Waals surface area contributed by atoms with E-state index in [1.165, 1.54) is 6.21 Å². The zero-order valence-electron chi connectivity index (χ0n) is 7.18. The van der Waals surface area contributed by atoms with Crippen molar-refractivity contribution in [3.63, 3.8) is 0 Å². The molecule has 0 fully saturated rings. The molecule has 1 aromatic carbocycles. The van der Waals surface area contributed by atoms with Crippen LogP contribution in [0.1, 0.15) is 5.56 Å². The second kappa shape index (κ2) is 4.61. The van der Waals surface area contributed by atoms with Gasteiger partial charge in [-0.2, -0.15) is 5.10 Å². The van der Waals surface area contributed by atoms with Gasteiger partial charge >= 0.3 is 0 Å². The van der Waals surface area contributed by atoms with E-state index in [-0.39, 0.29) is 11.7 Å². The standard InChI is InChI=1S/C8H9BrN4O/c9-6-1-2-7(14)5(3-6)4-12-13-8(10)11/h1-4,14H,(H4,10,11,13)/b12-4+. The zero-order chi connectivity index (χ0) is 10.6. The molecule has 0 aliphatic carbocycles. The molecule has 0 unspecified atom stereocenters. The summed E-state index contributed by atoms with van der Waals surface area (Å²) in [5.41, 5.74) is 10.7. The van der Waals surface area contributed by atoms with Crippen LogP contribution >= 0.6 is 15.9 Å². The molecule has 0 bridgehead atoms. The molecular formula is C8H9BrN4O. The largest absolute Gasteiger partial charge is 0.507 e. The molecule has 0 saturated carbocycles. The number of hydrogen-bond acceptors (Lipinski definition) is 3. The maximum Gasteiger partial charge on any atom is 0.211 e. The maximum atomic E-state index is 9.38. The highest BCUT2D eigenvalue weighted by atomic mass is 79.9. The van der Waals surface area contributed by atoms with Crippen molar-refractivity contribution < 1.29 is 5.11 Å². The van der Waals surface area contributed by atoms with E-state index in [4.69, 9.17) is 11.5 Å². The third kappa shape index (κ3) is 3.06. The SMILES string of the molecule is NC(N)=N/N=C/c1cc(Br)ccc1O. The minimum atomic E-state index is -0.129. The van der Waals surface area contributed by atoms with Crippen LogP contribution in [0.3, 0.4) is 0 Å². The molecule has 0 aromatic heterocycles. The quantitative estimate of drug-likeness (QED) is 0.414. The first kappa shape index (κ1) is 10.5. The summed E-state index contributed by atoms with van der Waals surface area (Å²) in [5.74, 6) is -0.0153. The smallest absolute Gasteiger partial charge is 0.211 e. The Kier molecular flexibility index (Phi) is 3.47. The van der Waals surface area contributed by atoms with Crippen LogP contribution in [0.15, 0.2) is 32.9 Å². The van der Waals surface area contributed by atoms with E-state index >= 15 is 0 Å². The Labute approximate surface area is 89.3 Å². The van der Waals surface area contributed by atoms with Crippen LogP contribution < -0.4 is 11.5 Å². The molecule has 1 rings (SSSR count). The lowest BCUT2D eigenvalue weighted by Crippen LogP contribution is -2.21. The van der Waals surface area contributed by atoms with E-state index in [1.807, 2.05) is 0 Å². The Morgan fingerprint density at radius 1 is 1.43 bits per heavy atom. The van der Waals surface area contributed by atoms with Crippen molar-refractivity contribution in [3.05, 3.63) is 28.2 Å². The van der Waals surface area contributed by atoms with Crippen molar-refractivity contribution in [2.45, 2.75) is 0 Å². The Balaban J connectivity index is 2.91. The monoisotopic (exact) mass is 256 g/mol. The molecule has 0 spiro atoms. The summed E-state index contributed by atoms with van der Waals surface area (Å²) in [7, 11) is 0. The number of halogens is 1. The Morgan fingerprint density at radius 2 is 2.14 bits per heavy atom. The predicted octanol–water partition coefficient (Wildman–Crippen LogP) is 0.762. The molecule has 0 aliphatic heterocycles. The first-order chi connectivity index (χ1) is 6.59. The minimum Gasteiger partial charge on any atom is -0.507 e. The van der Waals surface area contributed by atoms with Gasteiger partial charge in [0.1, 0.15) is 5.75 Å². The molecule has 5 nitrogen and oxygen atoms in total. The lowest BCUT2D eigenvalue weighted by atomic mass is 10.2. The molecule has 0 saturated heterocycles. The molecule has 0 radical (unpaired) electrons. The molecule has 6 heteroatoms. The molecular weight excluding hydrogens is 248 g/mol. The normalized spacial score (nSPS) is 10.4. The lowest BCUT2D eigenvalue weighted by molar-refractivity contribution is 0.474. The van der Waals surface area contributed by atoms with E-state index < -0.39 is 0 Å². The van der Waals surface area contributed by atoms with E-state index in [0.29, 0.717) is 5.56 Å². The highest BCUT2D eigenvalue weighted by Crippen LogP contribution is 2.19. The van der Waals surface area contributed by atoms with Crippen molar-refractivity contribution in [3.8, 4) is 5.75 Å². The highest BCUT2D eigenvalue weighted by molar-refractivity contribution is 9.10. The van der Waals surface area contributed by atoms with Crippen molar-refractivity contribution in [1.29, 1.82) is 0 Å². The highest BCUT2D eigenvalue weighted by Gasteiger charge is 1.97. The second-order valence-electron chi connectivity index (χ2n) is 2.47. The number of phenols is 1. The van der Waals surface area contributed by atoms with Crippen LogP contribution in [-0.2, 0) is 0 Å². The number of phenolic OH excluding ortho intramolecular Hbond substituents is 1. The first-order valence-electron chi connectivity index (χ1n) is 3.70. The van der Waals surface area contributed by atoms with E-state index in [9.17, 15) is 5.11 Å². The summed E-state index contributed by atoms with van der Waals surface area (Å²) in [6.07, 6.45) is 1.36. The number of guanidine groups is 1. The van der Waals surface area contributed by atoms with Gasteiger partial charge in [0.15, 0.2) is 0 Å². The van der Waals surface area contributed by atoms with Gasteiger partial charge in [-0.15, -0.1) is 5.10 Å². The molecule has 0 heterocycles. The molecule has 14 heavy (non-hydrogen) atoms. The molecule has 74 valence electrons. The number of nitrogens with zero attached hydrogens (tertiary/aromatic N) is 2. The van der Waals surface area contributed by atoms with Gasteiger partial charge in [0.05, 0.1) is 6.21 Å². The van der Waals surface area contributed by atoms with Crippen molar-refractivity contribution in [1.82, 2.24) is 0 Å². The number of rotatable bonds is 2. The minimum absolute atomic E-state index is 0.114. The number of hydrogen-bond donors (Lipinski definition) is 3. The summed E-state index contributed by atoms with van der Waals surface area (Å²) in [5, 5.41) is 16.4. The van der Waals surface area contributed by atoms with Gasteiger partial charge in [-0.05, 0) is 18.2 Å². The Hall–Kier alpha value is -1.56. The second-order valence-corrected chi connectivity index (χ2v) is 3.39. The van der Waals surface area contributed by atoms with Gasteiger partial charge in [-0.3, -0.25) is 0 Å².